The lowest BCUT2D eigenvalue weighted by atomic mass is 10.0. The van der Waals surface area contributed by atoms with Crippen LogP contribution in [0.2, 0.25) is 0 Å². The number of rotatable bonds is 7. The van der Waals surface area contributed by atoms with Gasteiger partial charge in [0.1, 0.15) is 0 Å². The van der Waals surface area contributed by atoms with Crippen LogP contribution in [-0.2, 0) is 4.79 Å². The van der Waals surface area contributed by atoms with E-state index in [9.17, 15) is 9.59 Å². The van der Waals surface area contributed by atoms with Crippen molar-refractivity contribution in [1.82, 2.24) is 10.6 Å². The van der Waals surface area contributed by atoms with Crippen LogP contribution < -0.4 is 10.6 Å². The number of carbonyl (C=O) groups is 2. The highest BCUT2D eigenvalue weighted by Crippen LogP contribution is 2.07. The van der Waals surface area contributed by atoms with Crippen LogP contribution in [-0.4, -0.2) is 24.4 Å². The Kier molecular flexibility index (Phi) is 6.92. The molecular formula is C17H26N2O2. The number of amides is 2. The molecule has 0 saturated heterocycles. The Labute approximate surface area is 127 Å². The van der Waals surface area contributed by atoms with Gasteiger partial charge in [0, 0.05) is 11.6 Å². The molecule has 1 atom stereocenters. The maximum absolute atomic E-state index is 12.0. The second-order valence-corrected chi connectivity index (χ2v) is 5.94. The Bertz CT molecular complexity index is 483. The third-order valence-electron chi connectivity index (χ3n) is 3.38. The van der Waals surface area contributed by atoms with Crippen LogP contribution in [0, 0.1) is 12.8 Å². The quantitative estimate of drug-likeness (QED) is 0.811. The van der Waals surface area contributed by atoms with Gasteiger partial charge in [0.05, 0.1) is 6.54 Å². The van der Waals surface area contributed by atoms with Crippen molar-refractivity contribution < 1.29 is 9.59 Å². The van der Waals surface area contributed by atoms with E-state index in [2.05, 4.69) is 24.5 Å². The van der Waals surface area contributed by atoms with Crippen LogP contribution in [0.4, 0.5) is 0 Å². The molecule has 0 aliphatic rings. The molecule has 1 aromatic carbocycles. The lowest BCUT2D eigenvalue weighted by Gasteiger charge is -2.15. The van der Waals surface area contributed by atoms with Crippen molar-refractivity contribution in [3.8, 4) is 0 Å². The molecule has 0 fully saturated rings. The van der Waals surface area contributed by atoms with Crippen LogP contribution in [0.3, 0.4) is 0 Å². The second-order valence-electron chi connectivity index (χ2n) is 5.94. The second kappa shape index (κ2) is 8.45. The van der Waals surface area contributed by atoms with Crippen LogP contribution in [0.5, 0.6) is 0 Å². The fraction of sp³-hybridized carbons (Fsp3) is 0.529. The van der Waals surface area contributed by atoms with Gasteiger partial charge in [-0.15, -0.1) is 0 Å². The van der Waals surface area contributed by atoms with E-state index < -0.39 is 0 Å². The van der Waals surface area contributed by atoms with Gasteiger partial charge in [-0.1, -0.05) is 32.0 Å². The maximum atomic E-state index is 12.0. The van der Waals surface area contributed by atoms with Crippen LogP contribution >= 0.6 is 0 Å². The molecule has 1 unspecified atom stereocenters. The molecule has 0 aliphatic heterocycles. The van der Waals surface area contributed by atoms with Crippen LogP contribution in [0.25, 0.3) is 0 Å². The fourth-order valence-corrected chi connectivity index (χ4v) is 2.06. The van der Waals surface area contributed by atoms with E-state index >= 15 is 0 Å². The van der Waals surface area contributed by atoms with Crippen molar-refractivity contribution in [3.05, 3.63) is 35.4 Å². The van der Waals surface area contributed by atoms with Gasteiger partial charge in [-0.25, -0.2) is 0 Å². The van der Waals surface area contributed by atoms with E-state index in [4.69, 9.17) is 0 Å². The molecule has 4 heteroatoms. The summed E-state index contributed by atoms with van der Waals surface area (Å²) in [5.41, 5.74) is 1.51. The predicted octanol–water partition coefficient (Wildman–Crippen LogP) is 2.67. The Morgan fingerprint density at radius 3 is 2.38 bits per heavy atom. The van der Waals surface area contributed by atoms with Gasteiger partial charge in [0.25, 0.3) is 5.91 Å². The van der Waals surface area contributed by atoms with E-state index in [0.29, 0.717) is 11.5 Å². The highest BCUT2D eigenvalue weighted by atomic mass is 16.2. The minimum Gasteiger partial charge on any atom is -0.352 e. The summed E-state index contributed by atoms with van der Waals surface area (Å²) in [6.45, 7) is 8.21. The first-order valence-corrected chi connectivity index (χ1v) is 7.53. The van der Waals surface area contributed by atoms with E-state index in [0.717, 1.165) is 18.4 Å². The lowest BCUT2D eigenvalue weighted by Crippen LogP contribution is -2.41. The Balaban J connectivity index is 2.36. The first-order valence-electron chi connectivity index (χ1n) is 7.53. The van der Waals surface area contributed by atoms with Crippen LogP contribution in [0.1, 0.15) is 49.5 Å². The molecule has 21 heavy (non-hydrogen) atoms. The zero-order chi connectivity index (χ0) is 15.8. The molecule has 0 bridgehead atoms. The largest absolute Gasteiger partial charge is 0.352 e. The van der Waals surface area contributed by atoms with Gasteiger partial charge >= 0.3 is 0 Å². The molecule has 4 nitrogen and oxygen atoms in total. The molecule has 0 saturated carbocycles. The third-order valence-corrected chi connectivity index (χ3v) is 3.38. The molecule has 0 aromatic heterocycles. The smallest absolute Gasteiger partial charge is 0.251 e. The van der Waals surface area contributed by atoms with Crippen molar-refractivity contribution in [2.75, 3.05) is 6.54 Å². The number of hydrogen-bond donors (Lipinski definition) is 2. The molecule has 0 aliphatic carbocycles. The Morgan fingerprint density at radius 2 is 1.76 bits per heavy atom. The normalized spacial score (nSPS) is 12.0. The average molecular weight is 290 g/mol. The summed E-state index contributed by atoms with van der Waals surface area (Å²) in [6.07, 6.45) is 2.03. The highest BCUT2D eigenvalue weighted by molar-refractivity contribution is 5.97. The fourth-order valence-electron chi connectivity index (χ4n) is 2.06. The lowest BCUT2D eigenvalue weighted by molar-refractivity contribution is -0.120. The Hall–Kier alpha value is -1.84. The van der Waals surface area contributed by atoms with Crippen LogP contribution in [0.15, 0.2) is 24.3 Å². The van der Waals surface area contributed by atoms with Crippen molar-refractivity contribution in [1.29, 1.82) is 0 Å². The Morgan fingerprint density at radius 1 is 1.10 bits per heavy atom. The number of benzene rings is 1. The molecule has 1 rings (SSSR count). The summed E-state index contributed by atoms with van der Waals surface area (Å²) in [5.74, 6) is 0.274. The van der Waals surface area contributed by atoms with Crippen molar-refractivity contribution >= 4 is 11.8 Å². The van der Waals surface area contributed by atoms with Gasteiger partial charge in [0.15, 0.2) is 0 Å². The van der Waals surface area contributed by atoms with Gasteiger partial charge in [-0.05, 0) is 44.2 Å². The molecule has 2 N–H and O–H groups in total. The van der Waals surface area contributed by atoms with Gasteiger partial charge < -0.3 is 10.6 Å². The maximum Gasteiger partial charge on any atom is 0.251 e. The number of nitrogens with one attached hydrogen (secondary N) is 2. The molecular weight excluding hydrogens is 264 g/mol. The van der Waals surface area contributed by atoms with Crippen molar-refractivity contribution in [2.45, 2.75) is 46.6 Å². The molecule has 0 radical (unpaired) electrons. The summed E-state index contributed by atoms with van der Waals surface area (Å²) in [5, 5.41) is 5.56. The summed E-state index contributed by atoms with van der Waals surface area (Å²) in [6, 6.07) is 7.47. The highest BCUT2D eigenvalue weighted by Gasteiger charge is 2.11. The SMILES string of the molecule is Cc1ccccc1C(=O)NCC(=O)NC(C)CCC(C)C. The number of carbonyl (C=O) groups excluding carboxylic acids is 2. The monoisotopic (exact) mass is 290 g/mol. The minimum absolute atomic E-state index is 0.0131. The first kappa shape index (κ1) is 17.2. The summed E-state index contributed by atoms with van der Waals surface area (Å²) in [4.78, 5) is 23.8. The summed E-state index contributed by atoms with van der Waals surface area (Å²) in [7, 11) is 0. The van der Waals surface area contributed by atoms with E-state index in [1.54, 1.807) is 6.07 Å². The van der Waals surface area contributed by atoms with Gasteiger partial charge in [-0.2, -0.15) is 0 Å². The average Bonchev–Trinajstić information content (AvgIpc) is 2.43. The van der Waals surface area contributed by atoms with Crippen molar-refractivity contribution in [3.63, 3.8) is 0 Å². The van der Waals surface area contributed by atoms with E-state index in [1.165, 1.54) is 0 Å². The molecule has 2 amide bonds. The van der Waals surface area contributed by atoms with Crippen molar-refractivity contribution in [2.24, 2.45) is 5.92 Å². The standard InChI is InChI=1S/C17H26N2O2/c1-12(2)9-10-14(4)19-16(20)11-18-17(21)15-8-6-5-7-13(15)3/h5-8,12,14H,9-11H2,1-4H3,(H,18,21)(H,19,20). The topological polar surface area (TPSA) is 58.2 Å². The zero-order valence-corrected chi connectivity index (χ0v) is 13.4. The summed E-state index contributed by atoms with van der Waals surface area (Å²) < 4.78 is 0. The predicted molar refractivity (Wildman–Crippen MR) is 85.2 cm³/mol. The zero-order valence-electron chi connectivity index (χ0n) is 13.4. The molecule has 0 spiro atoms. The van der Waals surface area contributed by atoms with Gasteiger partial charge in [-0.3, -0.25) is 9.59 Å². The minimum atomic E-state index is -0.210. The number of hydrogen-bond acceptors (Lipinski definition) is 2. The summed E-state index contributed by atoms with van der Waals surface area (Å²) >= 11 is 0. The van der Waals surface area contributed by atoms with E-state index in [1.807, 2.05) is 32.0 Å². The molecule has 1 aromatic rings. The molecule has 0 heterocycles. The third kappa shape index (κ3) is 6.43. The molecule has 116 valence electrons. The first-order chi connectivity index (χ1) is 9.90. The van der Waals surface area contributed by atoms with E-state index in [-0.39, 0.29) is 24.4 Å². The van der Waals surface area contributed by atoms with Gasteiger partial charge in [0.2, 0.25) is 5.91 Å². The number of aryl methyl sites for hydroxylation is 1.